The van der Waals surface area contributed by atoms with Gasteiger partial charge in [-0.25, -0.2) is 0 Å². The zero-order chi connectivity index (χ0) is 11.8. The van der Waals surface area contributed by atoms with E-state index in [4.69, 9.17) is 11.6 Å². The quantitative estimate of drug-likeness (QED) is 0.530. The Kier molecular flexibility index (Phi) is 6.58. The predicted octanol–water partition coefficient (Wildman–Crippen LogP) is 4.45. The summed E-state index contributed by atoms with van der Waals surface area (Å²) in [5.74, 6) is 1.73. The maximum Gasteiger partial charge on any atom is 0.174 e. The molecular weight excluding hydrogens is 240 g/mol. The molecule has 3 heteroatoms. The first kappa shape index (κ1) is 13.6. The Morgan fingerprint density at radius 1 is 1.31 bits per heavy atom. The Morgan fingerprint density at radius 3 is 2.75 bits per heavy atom. The molecule has 0 unspecified atom stereocenters. The van der Waals surface area contributed by atoms with Crippen molar-refractivity contribution in [3.05, 3.63) is 34.9 Å². The molecule has 0 aliphatic rings. The molecule has 0 radical (unpaired) electrons. The van der Waals surface area contributed by atoms with E-state index in [1.54, 1.807) is 23.9 Å². The number of halogens is 1. The molecule has 0 saturated carbocycles. The van der Waals surface area contributed by atoms with E-state index < -0.39 is 0 Å². The van der Waals surface area contributed by atoms with Crippen LogP contribution < -0.4 is 0 Å². The number of rotatable bonds is 7. The van der Waals surface area contributed by atoms with Gasteiger partial charge in [0, 0.05) is 5.56 Å². The van der Waals surface area contributed by atoms with Crippen LogP contribution in [-0.4, -0.2) is 17.3 Å². The molecule has 0 spiro atoms. The van der Waals surface area contributed by atoms with E-state index in [9.17, 15) is 4.79 Å². The standard InChI is InChI=1S/C13H17ClOS/c1-2-3-6-9-16-10-13(15)11-7-4-5-8-12(11)14/h4-5,7-8H,2-3,6,9-10H2,1H3. The lowest BCUT2D eigenvalue weighted by atomic mass is 10.1. The van der Waals surface area contributed by atoms with Crippen molar-refractivity contribution in [2.75, 3.05) is 11.5 Å². The molecular formula is C13H17ClOS. The minimum Gasteiger partial charge on any atom is -0.293 e. The van der Waals surface area contributed by atoms with Crippen molar-refractivity contribution in [2.24, 2.45) is 0 Å². The Balaban J connectivity index is 2.33. The lowest BCUT2D eigenvalue weighted by Gasteiger charge is -2.03. The first-order valence-corrected chi connectivity index (χ1v) is 7.14. The molecule has 0 heterocycles. The fourth-order valence-corrected chi connectivity index (χ4v) is 2.52. The van der Waals surface area contributed by atoms with Gasteiger partial charge in [-0.15, -0.1) is 0 Å². The number of carbonyl (C=O) groups excluding carboxylic acids is 1. The second-order valence-corrected chi connectivity index (χ2v) is 5.18. The fraction of sp³-hybridized carbons (Fsp3) is 0.462. The highest BCUT2D eigenvalue weighted by Crippen LogP contribution is 2.17. The van der Waals surface area contributed by atoms with Gasteiger partial charge < -0.3 is 0 Å². The number of unbranched alkanes of at least 4 members (excludes halogenated alkanes) is 2. The van der Waals surface area contributed by atoms with Crippen LogP contribution in [0.15, 0.2) is 24.3 Å². The maximum atomic E-state index is 11.8. The first-order valence-electron chi connectivity index (χ1n) is 5.61. The highest BCUT2D eigenvalue weighted by Gasteiger charge is 2.08. The van der Waals surface area contributed by atoms with Crippen LogP contribution in [0.3, 0.4) is 0 Å². The van der Waals surface area contributed by atoms with Crippen molar-refractivity contribution in [1.29, 1.82) is 0 Å². The van der Waals surface area contributed by atoms with Crippen molar-refractivity contribution in [2.45, 2.75) is 26.2 Å². The fourth-order valence-electron chi connectivity index (χ4n) is 1.38. The molecule has 0 N–H and O–H groups in total. The highest BCUT2D eigenvalue weighted by molar-refractivity contribution is 7.99. The van der Waals surface area contributed by atoms with Gasteiger partial charge in [0.2, 0.25) is 0 Å². The molecule has 1 rings (SSSR count). The van der Waals surface area contributed by atoms with Gasteiger partial charge in [-0.2, -0.15) is 11.8 Å². The second kappa shape index (κ2) is 7.75. The van der Waals surface area contributed by atoms with E-state index in [0.29, 0.717) is 16.3 Å². The number of ketones is 1. The maximum absolute atomic E-state index is 11.8. The number of hydrogen-bond donors (Lipinski definition) is 0. The molecule has 0 aliphatic carbocycles. The van der Waals surface area contributed by atoms with Gasteiger partial charge in [-0.1, -0.05) is 43.5 Å². The number of hydrogen-bond acceptors (Lipinski definition) is 2. The molecule has 0 aliphatic heterocycles. The van der Waals surface area contributed by atoms with Gasteiger partial charge in [-0.05, 0) is 24.3 Å². The zero-order valence-electron chi connectivity index (χ0n) is 9.54. The Bertz CT molecular complexity index is 338. The minimum absolute atomic E-state index is 0.132. The van der Waals surface area contributed by atoms with Crippen LogP contribution in [0.25, 0.3) is 0 Å². The summed E-state index contributed by atoms with van der Waals surface area (Å²) in [5.41, 5.74) is 0.646. The van der Waals surface area contributed by atoms with Crippen LogP contribution in [0.5, 0.6) is 0 Å². The molecule has 0 saturated heterocycles. The third-order valence-electron chi connectivity index (χ3n) is 2.30. The average molecular weight is 257 g/mol. The molecule has 0 fully saturated rings. The SMILES string of the molecule is CCCCCSCC(=O)c1ccccc1Cl. The molecule has 0 amide bonds. The third kappa shape index (κ3) is 4.58. The second-order valence-electron chi connectivity index (χ2n) is 3.66. The van der Waals surface area contributed by atoms with Crippen LogP contribution >= 0.6 is 23.4 Å². The Labute approximate surface area is 107 Å². The monoisotopic (exact) mass is 256 g/mol. The Hall–Kier alpha value is -0.470. The normalized spacial score (nSPS) is 10.4. The van der Waals surface area contributed by atoms with Gasteiger partial charge in [0.25, 0.3) is 0 Å². The zero-order valence-corrected chi connectivity index (χ0v) is 11.1. The lowest BCUT2D eigenvalue weighted by molar-refractivity contribution is 0.102. The van der Waals surface area contributed by atoms with Crippen LogP contribution in [0.4, 0.5) is 0 Å². The van der Waals surface area contributed by atoms with E-state index in [-0.39, 0.29) is 5.78 Å². The van der Waals surface area contributed by atoms with E-state index >= 15 is 0 Å². The summed E-state index contributed by atoms with van der Waals surface area (Å²) in [4.78, 5) is 11.8. The molecule has 0 atom stereocenters. The van der Waals surface area contributed by atoms with Gasteiger partial charge >= 0.3 is 0 Å². The molecule has 1 nitrogen and oxygen atoms in total. The summed E-state index contributed by atoms with van der Waals surface area (Å²) in [6.07, 6.45) is 3.66. The Morgan fingerprint density at radius 2 is 2.06 bits per heavy atom. The molecule has 1 aromatic rings. The number of carbonyl (C=O) groups is 1. The minimum atomic E-state index is 0.132. The topological polar surface area (TPSA) is 17.1 Å². The molecule has 16 heavy (non-hydrogen) atoms. The largest absolute Gasteiger partial charge is 0.293 e. The van der Waals surface area contributed by atoms with Crippen molar-refractivity contribution >= 4 is 29.1 Å². The number of benzene rings is 1. The number of thioether (sulfide) groups is 1. The van der Waals surface area contributed by atoms with Crippen molar-refractivity contribution in [3.63, 3.8) is 0 Å². The molecule has 1 aromatic carbocycles. The predicted molar refractivity (Wildman–Crippen MR) is 72.6 cm³/mol. The van der Waals surface area contributed by atoms with Gasteiger partial charge in [0.1, 0.15) is 0 Å². The molecule has 0 aromatic heterocycles. The van der Waals surface area contributed by atoms with Crippen LogP contribution in [0.2, 0.25) is 5.02 Å². The summed E-state index contributed by atoms with van der Waals surface area (Å²) >= 11 is 7.65. The van der Waals surface area contributed by atoms with Gasteiger partial charge in [0.05, 0.1) is 10.8 Å². The van der Waals surface area contributed by atoms with Crippen LogP contribution in [0, 0.1) is 0 Å². The van der Waals surface area contributed by atoms with Crippen molar-refractivity contribution < 1.29 is 4.79 Å². The van der Waals surface area contributed by atoms with Crippen molar-refractivity contribution in [3.8, 4) is 0 Å². The average Bonchev–Trinajstić information content (AvgIpc) is 2.29. The van der Waals surface area contributed by atoms with E-state index in [1.165, 1.54) is 19.3 Å². The highest BCUT2D eigenvalue weighted by atomic mass is 35.5. The molecule has 88 valence electrons. The van der Waals surface area contributed by atoms with Crippen LogP contribution in [0.1, 0.15) is 36.5 Å². The molecule has 0 bridgehead atoms. The lowest BCUT2D eigenvalue weighted by Crippen LogP contribution is -2.03. The van der Waals surface area contributed by atoms with E-state index in [2.05, 4.69) is 6.92 Å². The first-order chi connectivity index (χ1) is 7.75. The van der Waals surface area contributed by atoms with Crippen molar-refractivity contribution in [1.82, 2.24) is 0 Å². The van der Waals surface area contributed by atoms with E-state index in [1.807, 2.05) is 12.1 Å². The summed E-state index contributed by atoms with van der Waals surface area (Å²) < 4.78 is 0. The van der Waals surface area contributed by atoms with Crippen LogP contribution in [-0.2, 0) is 0 Å². The third-order valence-corrected chi connectivity index (χ3v) is 3.67. The summed E-state index contributed by atoms with van der Waals surface area (Å²) in [5, 5.41) is 0.557. The smallest absolute Gasteiger partial charge is 0.174 e. The summed E-state index contributed by atoms with van der Waals surface area (Å²) in [7, 11) is 0. The number of Topliss-reactive ketones (excluding diaryl/α,β-unsaturated/α-hetero) is 1. The summed E-state index contributed by atoms with van der Waals surface area (Å²) in [6.45, 7) is 2.18. The van der Waals surface area contributed by atoms with Gasteiger partial charge in [0.15, 0.2) is 5.78 Å². The van der Waals surface area contributed by atoms with E-state index in [0.717, 1.165) is 5.75 Å². The van der Waals surface area contributed by atoms with Gasteiger partial charge in [-0.3, -0.25) is 4.79 Å². The summed E-state index contributed by atoms with van der Waals surface area (Å²) in [6, 6.07) is 7.24.